The van der Waals surface area contributed by atoms with Gasteiger partial charge in [0.2, 0.25) is 11.8 Å². The highest BCUT2D eigenvalue weighted by Crippen LogP contribution is 2.28. The van der Waals surface area contributed by atoms with Crippen LogP contribution in [0.5, 0.6) is 0 Å². The topological polar surface area (TPSA) is 64.3 Å². The molecule has 1 aliphatic rings. The van der Waals surface area contributed by atoms with Crippen LogP contribution >= 0.6 is 11.3 Å². The van der Waals surface area contributed by atoms with Crippen molar-refractivity contribution in [1.82, 2.24) is 20.1 Å². The minimum atomic E-state index is 0.0419. The fourth-order valence-electron chi connectivity index (χ4n) is 2.20. The van der Waals surface area contributed by atoms with Crippen LogP contribution in [0, 0.1) is 6.92 Å². The lowest BCUT2D eigenvalue weighted by Crippen LogP contribution is -2.39. The van der Waals surface area contributed by atoms with Gasteiger partial charge in [0.05, 0.1) is 12.6 Å². The fraction of sp³-hybridized carbons (Fsp3) is 0.583. The Morgan fingerprint density at radius 3 is 3.05 bits per heavy atom. The van der Waals surface area contributed by atoms with E-state index in [4.69, 9.17) is 9.15 Å². The summed E-state index contributed by atoms with van der Waals surface area (Å²) in [6, 6.07) is 0.104. The van der Waals surface area contributed by atoms with Crippen molar-refractivity contribution in [3.63, 3.8) is 0 Å². The number of nitrogens with zero attached hydrogens (tertiary/aromatic N) is 4. The minimum Gasteiger partial charge on any atom is -0.424 e. The maximum Gasteiger partial charge on any atom is 0.233 e. The summed E-state index contributed by atoms with van der Waals surface area (Å²) in [5.74, 6) is 1.27. The van der Waals surface area contributed by atoms with Gasteiger partial charge in [-0.1, -0.05) is 0 Å². The van der Waals surface area contributed by atoms with Gasteiger partial charge in [0.1, 0.15) is 11.1 Å². The Kier molecular flexibility index (Phi) is 3.58. The molecule has 1 fully saturated rings. The maximum atomic E-state index is 5.78. The first-order chi connectivity index (χ1) is 9.24. The molecule has 2 aromatic heterocycles. The molecule has 0 amide bonds. The zero-order valence-electron chi connectivity index (χ0n) is 10.9. The smallest absolute Gasteiger partial charge is 0.233 e. The van der Waals surface area contributed by atoms with Gasteiger partial charge >= 0.3 is 0 Å². The first-order valence-corrected chi connectivity index (χ1v) is 7.17. The van der Waals surface area contributed by atoms with Gasteiger partial charge in [-0.05, 0) is 6.92 Å². The third kappa shape index (κ3) is 2.68. The molecule has 0 bridgehead atoms. The normalized spacial score (nSPS) is 22.5. The van der Waals surface area contributed by atoms with Gasteiger partial charge in [0, 0.05) is 31.6 Å². The third-order valence-electron chi connectivity index (χ3n) is 3.27. The number of rotatable bonds is 3. The van der Waals surface area contributed by atoms with E-state index in [9.17, 15) is 0 Å². The van der Waals surface area contributed by atoms with Gasteiger partial charge in [-0.3, -0.25) is 4.90 Å². The van der Waals surface area contributed by atoms with Crippen molar-refractivity contribution in [1.29, 1.82) is 0 Å². The second-order valence-corrected chi connectivity index (χ2v) is 5.49. The monoisotopic (exact) mass is 280 g/mol. The zero-order chi connectivity index (χ0) is 13.2. The van der Waals surface area contributed by atoms with Gasteiger partial charge in [-0.2, -0.15) is 0 Å². The first kappa shape index (κ1) is 12.7. The number of morpholine rings is 1. The summed E-state index contributed by atoms with van der Waals surface area (Å²) >= 11 is 1.63. The average Bonchev–Trinajstić information content (AvgIpc) is 3.09. The number of ether oxygens (including phenoxy) is 1. The number of hydrogen-bond donors (Lipinski definition) is 0. The van der Waals surface area contributed by atoms with Crippen LogP contribution in [0.25, 0.3) is 0 Å². The van der Waals surface area contributed by atoms with Gasteiger partial charge in [-0.25, -0.2) is 4.98 Å². The molecule has 3 rings (SSSR count). The van der Waals surface area contributed by atoms with Crippen LogP contribution in [0.2, 0.25) is 0 Å². The standard InChI is InChI=1S/C12H16N4O2S/c1-8(11-15-14-9(2)18-11)16-4-5-17-10(7-16)12-13-3-6-19-12/h3,6,8,10H,4-5,7H2,1-2H3/t8-,10+/m1/s1. The molecule has 6 nitrogen and oxygen atoms in total. The highest BCUT2D eigenvalue weighted by atomic mass is 32.1. The summed E-state index contributed by atoms with van der Waals surface area (Å²) in [5, 5.41) is 11.0. The predicted octanol–water partition coefficient (Wildman–Crippen LogP) is 1.97. The largest absolute Gasteiger partial charge is 0.424 e. The van der Waals surface area contributed by atoms with Gasteiger partial charge in [0.25, 0.3) is 0 Å². The molecule has 2 atom stereocenters. The van der Waals surface area contributed by atoms with E-state index in [2.05, 4.69) is 27.0 Å². The quantitative estimate of drug-likeness (QED) is 0.856. The van der Waals surface area contributed by atoms with Gasteiger partial charge in [-0.15, -0.1) is 21.5 Å². The molecule has 102 valence electrons. The van der Waals surface area contributed by atoms with E-state index >= 15 is 0 Å². The maximum absolute atomic E-state index is 5.78. The van der Waals surface area contributed by atoms with Gasteiger partial charge < -0.3 is 9.15 Å². The highest BCUT2D eigenvalue weighted by molar-refractivity contribution is 7.09. The van der Waals surface area contributed by atoms with E-state index in [1.807, 2.05) is 11.6 Å². The third-order valence-corrected chi connectivity index (χ3v) is 4.14. The number of thiazole rings is 1. The van der Waals surface area contributed by atoms with Crippen molar-refractivity contribution in [2.75, 3.05) is 19.7 Å². The molecular weight excluding hydrogens is 264 g/mol. The Labute approximate surface area is 115 Å². The molecule has 0 spiro atoms. The van der Waals surface area contributed by atoms with Crippen molar-refractivity contribution in [3.8, 4) is 0 Å². The molecular formula is C12H16N4O2S. The molecule has 1 aliphatic heterocycles. The SMILES string of the molecule is Cc1nnc([C@@H](C)N2CCO[C@H](c3nccs3)C2)o1. The van der Waals surface area contributed by atoms with Crippen molar-refractivity contribution in [2.45, 2.75) is 26.0 Å². The lowest BCUT2D eigenvalue weighted by molar-refractivity contribution is -0.0465. The van der Waals surface area contributed by atoms with Crippen LogP contribution in [0.1, 0.15) is 35.9 Å². The Balaban J connectivity index is 1.71. The molecule has 0 unspecified atom stereocenters. The van der Waals surface area contributed by atoms with Crippen molar-refractivity contribution in [3.05, 3.63) is 28.4 Å². The Morgan fingerprint density at radius 1 is 1.47 bits per heavy atom. The highest BCUT2D eigenvalue weighted by Gasteiger charge is 2.29. The van der Waals surface area contributed by atoms with Gasteiger partial charge in [0.15, 0.2) is 0 Å². The molecule has 19 heavy (non-hydrogen) atoms. The predicted molar refractivity (Wildman–Crippen MR) is 69.8 cm³/mol. The molecule has 7 heteroatoms. The number of aryl methyl sites for hydroxylation is 1. The molecule has 1 saturated heterocycles. The van der Waals surface area contributed by atoms with Crippen LogP contribution < -0.4 is 0 Å². The Morgan fingerprint density at radius 2 is 2.37 bits per heavy atom. The summed E-state index contributed by atoms with van der Waals surface area (Å²) in [7, 11) is 0. The van der Waals surface area contributed by atoms with Crippen LogP contribution in [0.4, 0.5) is 0 Å². The van der Waals surface area contributed by atoms with E-state index in [1.165, 1.54) is 0 Å². The molecule has 0 saturated carbocycles. The summed E-state index contributed by atoms with van der Waals surface area (Å²) in [6.45, 7) is 6.25. The minimum absolute atomic E-state index is 0.0419. The van der Waals surface area contributed by atoms with E-state index < -0.39 is 0 Å². The van der Waals surface area contributed by atoms with Crippen LogP contribution in [-0.4, -0.2) is 39.8 Å². The Hall–Kier alpha value is -1.31. The summed E-state index contributed by atoms with van der Waals surface area (Å²) in [4.78, 5) is 6.62. The fourth-order valence-corrected chi connectivity index (χ4v) is 2.88. The number of hydrogen-bond acceptors (Lipinski definition) is 7. The molecule has 2 aromatic rings. The van der Waals surface area contributed by atoms with Crippen LogP contribution in [-0.2, 0) is 4.74 Å². The Bertz CT molecular complexity index is 528. The second-order valence-electron chi connectivity index (χ2n) is 4.56. The van der Waals surface area contributed by atoms with Crippen molar-refractivity contribution >= 4 is 11.3 Å². The van der Waals surface area contributed by atoms with Crippen LogP contribution in [0.3, 0.4) is 0 Å². The summed E-state index contributed by atoms with van der Waals surface area (Å²) in [5.41, 5.74) is 0. The van der Waals surface area contributed by atoms with E-state index in [1.54, 1.807) is 18.3 Å². The average molecular weight is 280 g/mol. The molecule has 0 N–H and O–H groups in total. The molecule has 0 aromatic carbocycles. The molecule has 0 aliphatic carbocycles. The molecule has 3 heterocycles. The first-order valence-electron chi connectivity index (χ1n) is 6.29. The second kappa shape index (κ2) is 5.36. The van der Waals surface area contributed by atoms with Crippen LogP contribution in [0.15, 0.2) is 16.0 Å². The van der Waals surface area contributed by atoms with Crippen molar-refractivity contribution < 1.29 is 9.15 Å². The lowest BCUT2D eigenvalue weighted by atomic mass is 10.2. The lowest BCUT2D eigenvalue weighted by Gasteiger charge is -2.34. The van der Waals surface area contributed by atoms with E-state index in [0.717, 1.165) is 18.1 Å². The van der Waals surface area contributed by atoms with E-state index in [0.29, 0.717) is 18.4 Å². The summed E-state index contributed by atoms with van der Waals surface area (Å²) < 4.78 is 11.3. The van der Waals surface area contributed by atoms with E-state index in [-0.39, 0.29) is 12.1 Å². The number of aromatic nitrogens is 3. The summed E-state index contributed by atoms with van der Waals surface area (Å²) in [6.07, 6.45) is 1.85. The molecule has 0 radical (unpaired) electrons. The van der Waals surface area contributed by atoms with Crippen molar-refractivity contribution in [2.24, 2.45) is 0 Å². The zero-order valence-corrected chi connectivity index (χ0v) is 11.8.